The molecule has 0 atom stereocenters. The predicted molar refractivity (Wildman–Crippen MR) is 73.8 cm³/mol. The van der Waals surface area contributed by atoms with Crippen LogP contribution in [0.3, 0.4) is 0 Å². The number of benzene rings is 1. The Bertz CT molecular complexity index is 428. The third kappa shape index (κ3) is 3.47. The van der Waals surface area contributed by atoms with Crippen molar-refractivity contribution < 1.29 is 4.79 Å². The summed E-state index contributed by atoms with van der Waals surface area (Å²) in [4.78, 5) is 11.0. The highest BCUT2D eigenvalue weighted by Crippen LogP contribution is 2.29. The fourth-order valence-electron chi connectivity index (χ4n) is 2.48. The van der Waals surface area contributed by atoms with E-state index in [1.54, 1.807) is 0 Å². The molecular formula is C14H19ClN2O. The number of nitrogens with one attached hydrogen (secondary N) is 2. The molecule has 1 aliphatic rings. The summed E-state index contributed by atoms with van der Waals surface area (Å²) in [6.45, 7) is 4.23. The van der Waals surface area contributed by atoms with E-state index in [0.717, 1.165) is 36.5 Å². The summed E-state index contributed by atoms with van der Waals surface area (Å²) < 4.78 is 0. The minimum atomic E-state index is -0.00811. The molecule has 2 N–H and O–H groups in total. The van der Waals surface area contributed by atoms with Crippen molar-refractivity contribution in [3.63, 3.8) is 0 Å². The summed E-state index contributed by atoms with van der Waals surface area (Å²) in [7, 11) is 0. The highest BCUT2D eigenvalue weighted by molar-refractivity contribution is 6.30. The predicted octanol–water partition coefficient (Wildman–Crippen LogP) is 2.44. The molecule has 1 fully saturated rings. The van der Waals surface area contributed by atoms with Gasteiger partial charge >= 0.3 is 0 Å². The number of carbonyl (C=O) groups is 1. The topological polar surface area (TPSA) is 41.1 Å². The van der Waals surface area contributed by atoms with Crippen molar-refractivity contribution in [2.45, 2.75) is 32.2 Å². The van der Waals surface area contributed by atoms with Crippen molar-refractivity contribution >= 4 is 17.5 Å². The molecule has 1 amide bonds. The van der Waals surface area contributed by atoms with Gasteiger partial charge in [0.15, 0.2) is 0 Å². The van der Waals surface area contributed by atoms with Gasteiger partial charge in [0.1, 0.15) is 0 Å². The Morgan fingerprint density at radius 3 is 2.83 bits per heavy atom. The summed E-state index contributed by atoms with van der Waals surface area (Å²) in [5.74, 6) is 0.568. The molecular weight excluding hydrogens is 248 g/mol. The van der Waals surface area contributed by atoms with Gasteiger partial charge in [-0.3, -0.25) is 4.79 Å². The average molecular weight is 267 g/mol. The van der Waals surface area contributed by atoms with Gasteiger partial charge in [-0.1, -0.05) is 17.7 Å². The van der Waals surface area contributed by atoms with Crippen LogP contribution in [0.4, 0.5) is 0 Å². The van der Waals surface area contributed by atoms with E-state index in [4.69, 9.17) is 11.6 Å². The number of amides is 1. The van der Waals surface area contributed by atoms with Crippen molar-refractivity contribution in [3.8, 4) is 0 Å². The second-order valence-electron chi connectivity index (χ2n) is 4.78. The van der Waals surface area contributed by atoms with E-state index >= 15 is 0 Å². The molecule has 0 saturated carbocycles. The van der Waals surface area contributed by atoms with Crippen molar-refractivity contribution in [1.29, 1.82) is 0 Å². The Balaban J connectivity index is 2.18. The maximum absolute atomic E-state index is 11.0. The standard InChI is InChI=1S/C14H19ClN2O/c1-10(18)17-9-12-8-13(15)2-3-14(12)11-4-6-16-7-5-11/h2-3,8,11,16H,4-7,9H2,1H3,(H,17,18). The minimum absolute atomic E-state index is 0.00811. The van der Waals surface area contributed by atoms with Gasteiger partial charge < -0.3 is 10.6 Å². The lowest BCUT2D eigenvalue weighted by Gasteiger charge is -2.25. The SMILES string of the molecule is CC(=O)NCc1cc(Cl)ccc1C1CCNCC1. The molecule has 1 aromatic carbocycles. The molecule has 98 valence electrons. The third-order valence-corrected chi connectivity index (χ3v) is 3.65. The van der Waals surface area contributed by atoms with Crippen LogP contribution in [0, 0.1) is 0 Å². The second kappa shape index (κ2) is 6.21. The average Bonchev–Trinajstić information content (AvgIpc) is 2.37. The Labute approximate surface area is 113 Å². The normalized spacial score (nSPS) is 16.6. The molecule has 1 aliphatic heterocycles. The summed E-state index contributed by atoms with van der Waals surface area (Å²) in [6, 6.07) is 6.01. The van der Waals surface area contributed by atoms with Gasteiger partial charge in [-0.25, -0.2) is 0 Å². The van der Waals surface area contributed by atoms with Crippen LogP contribution in [0.1, 0.15) is 36.8 Å². The van der Waals surface area contributed by atoms with Crippen LogP contribution in [-0.4, -0.2) is 19.0 Å². The highest BCUT2D eigenvalue weighted by atomic mass is 35.5. The van der Waals surface area contributed by atoms with Crippen LogP contribution in [0.2, 0.25) is 5.02 Å². The van der Waals surface area contributed by atoms with Crippen molar-refractivity contribution in [3.05, 3.63) is 34.3 Å². The van der Waals surface area contributed by atoms with E-state index in [1.165, 1.54) is 12.5 Å². The van der Waals surface area contributed by atoms with Crippen molar-refractivity contribution in [2.24, 2.45) is 0 Å². The first-order valence-corrected chi connectivity index (χ1v) is 6.78. The summed E-state index contributed by atoms with van der Waals surface area (Å²) in [5.41, 5.74) is 2.47. The van der Waals surface area contributed by atoms with E-state index < -0.39 is 0 Å². The molecule has 0 radical (unpaired) electrons. The maximum Gasteiger partial charge on any atom is 0.217 e. The van der Waals surface area contributed by atoms with E-state index in [9.17, 15) is 4.79 Å². The van der Waals surface area contributed by atoms with Crippen LogP contribution < -0.4 is 10.6 Å². The molecule has 4 heteroatoms. The lowest BCUT2D eigenvalue weighted by molar-refractivity contribution is -0.119. The van der Waals surface area contributed by atoms with Crippen LogP contribution in [0.5, 0.6) is 0 Å². The smallest absolute Gasteiger partial charge is 0.217 e. The van der Waals surface area contributed by atoms with E-state index in [1.807, 2.05) is 12.1 Å². The monoisotopic (exact) mass is 266 g/mol. The Morgan fingerprint density at radius 2 is 2.17 bits per heavy atom. The fraction of sp³-hybridized carbons (Fsp3) is 0.500. The summed E-state index contributed by atoms with van der Waals surface area (Å²) in [5, 5.41) is 6.95. The van der Waals surface area contributed by atoms with Crippen LogP contribution >= 0.6 is 11.6 Å². The van der Waals surface area contributed by atoms with Gasteiger partial charge in [-0.05, 0) is 55.1 Å². The second-order valence-corrected chi connectivity index (χ2v) is 5.21. The molecule has 1 saturated heterocycles. The number of rotatable bonds is 3. The highest BCUT2D eigenvalue weighted by Gasteiger charge is 2.18. The van der Waals surface area contributed by atoms with Crippen LogP contribution in [-0.2, 0) is 11.3 Å². The van der Waals surface area contributed by atoms with Crippen LogP contribution in [0.25, 0.3) is 0 Å². The lowest BCUT2D eigenvalue weighted by Crippen LogP contribution is -2.28. The molecule has 1 aromatic rings. The lowest BCUT2D eigenvalue weighted by atomic mass is 9.87. The summed E-state index contributed by atoms with van der Waals surface area (Å²) >= 11 is 6.05. The number of hydrogen-bond acceptors (Lipinski definition) is 2. The first kappa shape index (κ1) is 13.4. The van der Waals surface area contributed by atoms with E-state index in [2.05, 4.69) is 16.7 Å². The molecule has 0 spiro atoms. The van der Waals surface area contributed by atoms with E-state index in [-0.39, 0.29) is 5.91 Å². The maximum atomic E-state index is 11.0. The number of carbonyl (C=O) groups excluding carboxylic acids is 1. The quantitative estimate of drug-likeness (QED) is 0.882. The summed E-state index contributed by atoms with van der Waals surface area (Å²) in [6.07, 6.45) is 2.30. The molecule has 0 aliphatic carbocycles. The molecule has 0 bridgehead atoms. The zero-order valence-electron chi connectivity index (χ0n) is 10.6. The number of piperidine rings is 1. The van der Waals surface area contributed by atoms with Gasteiger partial charge in [-0.15, -0.1) is 0 Å². The molecule has 2 rings (SSSR count). The zero-order chi connectivity index (χ0) is 13.0. The van der Waals surface area contributed by atoms with Gasteiger partial charge in [0.25, 0.3) is 0 Å². The number of halogens is 1. The first-order chi connectivity index (χ1) is 8.66. The largest absolute Gasteiger partial charge is 0.352 e. The van der Waals surface area contributed by atoms with Gasteiger partial charge in [0.05, 0.1) is 0 Å². The molecule has 18 heavy (non-hydrogen) atoms. The molecule has 0 aromatic heterocycles. The molecule has 3 nitrogen and oxygen atoms in total. The first-order valence-electron chi connectivity index (χ1n) is 6.40. The molecule has 0 unspecified atom stereocenters. The third-order valence-electron chi connectivity index (χ3n) is 3.41. The Kier molecular flexibility index (Phi) is 4.61. The fourth-order valence-corrected chi connectivity index (χ4v) is 2.67. The van der Waals surface area contributed by atoms with Gasteiger partial charge in [-0.2, -0.15) is 0 Å². The number of hydrogen-bond donors (Lipinski definition) is 2. The van der Waals surface area contributed by atoms with Crippen molar-refractivity contribution in [1.82, 2.24) is 10.6 Å². The zero-order valence-corrected chi connectivity index (χ0v) is 11.4. The van der Waals surface area contributed by atoms with Gasteiger partial charge in [0.2, 0.25) is 5.91 Å². The minimum Gasteiger partial charge on any atom is -0.352 e. The Morgan fingerprint density at radius 1 is 1.44 bits per heavy atom. The van der Waals surface area contributed by atoms with Gasteiger partial charge in [0, 0.05) is 18.5 Å². The van der Waals surface area contributed by atoms with Crippen molar-refractivity contribution in [2.75, 3.05) is 13.1 Å². The van der Waals surface area contributed by atoms with Crippen LogP contribution in [0.15, 0.2) is 18.2 Å². The Hall–Kier alpha value is -1.06. The van der Waals surface area contributed by atoms with E-state index in [0.29, 0.717) is 12.5 Å². The molecule has 1 heterocycles.